The van der Waals surface area contributed by atoms with Crippen molar-refractivity contribution in [2.24, 2.45) is 0 Å². The average Bonchev–Trinajstić information content (AvgIpc) is 2.82. The van der Waals surface area contributed by atoms with Crippen LogP contribution in [0.2, 0.25) is 5.02 Å². The van der Waals surface area contributed by atoms with Gasteiger partial charge in [-0.2, -0.15) is 13.2 Å². The maximum Gasteiger partial charge on any atom is 0.416 e. The number of esters is 2. The minimum atomic E-state index is -4.88. The summed E-state index contributed by atoms with van der Waals surface area (Å²) in [6.07, 6.45) is 1.95. The maximum absolute atomic E-state index is 13.4. The van der Waals surface area contributed by atoms with Crippen molar-refractivity contribution < 1.29 is 41.8 Å². The van der Waals surface area contributed by atoms with Crippen LogP contribution in [0.5, 0.6) is 0 Å². The lowest BCUT2D eigenvalue weighted by Crippen LogP contribution is -2.31. The smallest absolute Gasteiger partial charge is 0.416 e. The number of rotatable bonds is 4. The van der Waals surface area contributed by atoms with Crippen LogP contribution in [-0.4, -0.2) is 36.0 Å². The van der Waals surface area contributed by atoms with E-state index in [0.717, 1.165) is 38.5 Å². The van der Waals surface area contributed by atoms with Gasteiger partial charge in [0.1, 0.15) is 12.2 Å². The Hall–Kier alpha value is -2.82. The Balaban J connectivity index is 1.74. The summed E-state index contributed by atoms with van der Waals surface area (Å²) in [5.74, 6) is -5.14. The van der Waals surface area contributed by atoms with Crippen LogP contribution in [0.4, 0.5) is 24.5 Å². The third kappa shape index (κ3) is 7.58. The predicted molar refractivity (Wildman–Crippen MR) is 120 cm³/mol. The Kier molecular flexibility index (Phi) is 8.98. The van der Waals surface area contributed by atoms with Gasteiger partial charge in [0.05, 0.1) is 22.0 Å². The molecule has 2 aliphatic rings. The highest BCUT2D eigenvalue weighted by Crippen LogP contribution is 2.39. The van der Waals surface area contributed by atoms with E-state index in [2.05, 4.69) is 0 Å². The molecule has 12 heteroatoms. The standard InChI is InChI=1S/C23H26ClF3N2O6/c24-18-16(28-19(30)21(32)34-14-7-3-1-4-8-14)11-13(23(25,26)27)12-17(18)29-20(31)22(33)35-15-9-5-2-6-10-15/h11-12,14-15H,1-10H2,(H,28,30)(H,29,31). The Morgan fingerprint density at radius 1 is 0.743 bits per heavy atom. The summed E-state index contributed by atoms with van der Waals surface area (Å²) in [6.45, 7) is 0. The third-order valence-electron chi connectivity index (χ3n) is 5.92. The molecule has 0 atom stereocenters. The second-order valence-electron chi connectivity index (χ2n) is 8.62. The summed E-state index contributed by atoms with van der Waals surface area (Å²) in [6, 6.07) is 1.04. The highest BCUT2D eigenvalue weighted by Gasteiger charge is 2.34. The zero-order valence-electron chi connectivity index (χ0n) is 18.8. The van der Waals surface area contributed by atoms with E-state index in [0.29, 0.717) is 37.8 Å². The fourth-order valence-corrected chi connectivity index (χ4v) is 4.30. The van der Waals surface area contributed by atoms with Crippen molar-refractivity contribution in [1.29, 1.82) is 0 Å². The van der Waals surface area contributed by atoms with Gasteiger partial charge in [-0.25, -0.2) is 9.59 Å². The van der Waals surface area contributed by atoms with Crippen molar-refractivity contribution in [3.05, 3.63) is 22.7 Å². The molecule has 0 bridgehead atoms. The average molecular weight is 519 g/mol. The van der Waals surface area contributed by atoms with Crippen molar-refractivity contribution in [1.82, 2.24) is 0 Å². The molecule has 2 saturated carbocycles. The summed E-state index contributed by atoms with van der Waals surface area (Å²) >= 11 is 6.11. The highest BCUT2D eigenvalue weighted by atomic mass is 35.5. The lowest BCUT2D eigenvalue weighted by molar-refractivity contribution is -0.157. The molecule has 0 aromatic heterocycles. The SMILES string of the molecule is O=C(Nc1cc(C(F)(F)F)cc(NC(=O)C(=O)OC2CCCCC2)c1Cl)C(=O)OC1CCCCC1. The Morgan fingerprint density at radius 3 is 1.46 bits per heavy atom. The number of carbonyl (C=O) groups excluding carboxylic acids is 4. The van der Waals surface area contributed by atoms with Crippen LogP contribution in [0, 0.1) is 0 Å². The minimum Gasteiger partial charge on any atom is -0.455 e. The molecule has 2 fully saturated rings. The molecule has 0 radical (unpaired) electrons. The van der Waals surface area contributed by atoms with E-state index in [1.807, 2.05) is 10.6 Å². The molecule has 35 heavy (non-hydrogen) atoms. The highest BCUT2D eigenvalue weighted by molar-refractivity contribution is 6.43. The molecular weight excluding hydrogens is 493 g/mol. The first-order valence-electron chi connectivity index (χ1n) is 11.5. The fourth-order valence-electron chi connectivity index (χ4n) is 4.09. The third-order valence-corrected chi connectivity index (χ3v) is 6.33. The van der Waals surface area contributed by atoms with E-state index in [1.165, 1.54) is 0 Å². The van der Waals surface area contributed by atoms with Gasteiger partial charge in [0.15, 0.2) is 0 Å². The number of halogens is 4. The number of carbonyl (C=O) groups is 4. The van der Waals surface area contributed by atoms with E-state index in [-0.39, 0.29) is 0 Å². The van der Waals surface area contributed by atoms with Gasteiger partial charge < -0.3 is 20.1 Å². The second-order valence-corrected chi connectivity index (χ2v) is 9.00. The summed E-state index contributed by atoms with van der Waals surface area (Å²) in [5.41, 5.74) is -2.43. The van der Waals surface area contributed by atoms with Crippen LogP contribution < -0.4 is 10.6 Å². The molecule has 0 saturated heterocycles. The first-order chi connectivity index (χ1) is 16.5. The zero-order valence-corrected chi connectivity index (χ0v) is 19.6. The Morgan fingerprint density at radius 2 is 1.11 bits per heavy atom. The molecule has 3 rings (SSSR count). The first kappa shape index (κ1) is 26.8. The van der Waals surface area contributed by atoms with Crippen LogP contribution >= 0.6 is 11.6 Å². The van der Waals surface area contributed by atoms with Gasteiger partial charge >= 0.3 is 29.9 Å². The van der Waals surface area contributed by atoms with E-state index < -0.39 is 64.1 Å². The lowest BCUT2D eigenvalue weighted by atomic mass is 9.98. The van der Waals surface area contributed by atoms with E-state index in [1.54, 1.807) is 0 Å². The zero-order chi connectivity index (χ0) is 25.6. The maximum atomic E-state index is 13.4. The molecule has 0 unspecified atom stereocenters. The van der Waals surface area contributed by atoms with Crippen molar-refractivity contribution in [3.8, 4) is 0 Å². The van der Waals surface area contributed by atoms with Crippen molar-refractivity contribution >= 4 is 46.7 Å². The normalized spacial score (nSPS) is 17.4. The number of anilines is 2. The Labute approximate surface area is 204 Å². The largest absolute Gasteiger partial charge is 0.455 e. The van der Waals surface area contributed by atoms with E-state index in [4.69, 9.17) is 21.1 Å². The molecule has 0 spiro atoms. The van der Waals surface area contributed by atoms with Gasteiger partial charge in [-0.1, -0.05) is 24.4 Å². The summed E-state index contributed by atoms with van der Waals surface area (Å²) < 4.78 is 50.5. The van der Waals surface area contributed by atoms with Gasteiger partial charge in [0.25, 0.3) is 0 Å². The molecule has 2 amide bonds. The first-order valence-corrected chi connectivity index (χ1v) is 11.9. The Bertz CT molecular complexity index is 905. The number of amides is 2. The van der Waals surface area contributed by atoms with Crippen molar-refractivity contribution in [2.45, 2.75) is 82.6 Å². The number of benzene rings is 1. The number of ether oxygens (including phenoxy) is 2. The number of alkyl halides is 3. The predicted octanol–water partition coefficient (Wildman–Crippen LogP) is 4.99. The molecule has 8 nitrogen and oxygen atoms in total. The molecular formula is C23H26ClF3N2O6. The topological polar surface area (TPSA) is 111 Å². The minimum absolute atomic E-state index is 0.441. The molecule has 1 aromatic rings. The monoisotopic (exact) mass is 518 g/mol. The van der Waals surface area contributed by atoms with Gasteiger partial charge in [-0.05, 0) is 63.5 Å². The lowest BCUT2D eigenvalue weighted by Gasteiger charge is -2.22. The molecule has 0 aliphatic heterocycles. The molecule has 1 aromatic carbocycles. The van der Waals surface area contributed by atoms with Crippen LogP contribution in [0.3, 0.4) is 0 Å². The van der Waals surface area contributed by atoms with Gasteiger partial charge in [-0.15, -0.1) is 0 Å². The summed E-state index contributed by atoms with van der Waals surface area (Å²) in [5, 5.41) is 3.51. The van der Waals surface area contributed by atoms with Crippen LogP contribution in [0.15, 0.2) is 12.1 Å². The number of nitrogens with one attached hydrogen (secondary N) is 2. The van der Waals surface area contributed by atoms with E-state index in [9.17, 15) is 32.3 Å². The second kappa shape index (κ2) is 11.7. The quantitative estimate of drug-likeness (QED) is 0.429. The van der Waals surface area contributed by atoms with Crippen LogP contribution in [-0.2, 0) is 34.8 Å². The number of hydrogen-bond acceptors (Lipinski definition) is 6. The van der Waals surface area contributed by atoms with Crippen LogP contribution in [0.1, 0.15) is 69.8 Å². The van der Waals surface area contributed by atoms with Gasteiger partial charge in [0, 0.05) is 0 Å². The van der Waals surface area contributed by atoms with Crippen molar-refractivity contribution in [3.63, 3.8) is 0 Å². The van der Waals surface area contributed by atoms with E-state index >= 15 is 0 Å². The fraction of sp³-hybridized carbons (Fsp3) is 0.565. The summed E-state index contributed by atoms with van der Waals surface area (Å²) in [4.78, 5) is 48.8. The van der Waals surface area contributed by atoms with Gasteiger partial charge in [-0.3, -0.25) is 9.59 Å². The summed E-state index contributed by atoms with van der Waals surface area (Å²) in [7, 11) is 0. The van der Waals surface area contributed by atoms with Crippen molar-refractivity contribution in [2.75, 3.05) is 10.6 Å². The molecule has 2 N–H and O–H groups in total. The molecule has 192 valence electrons. The molecule has 2 aliphatic carbocycles. The van der Waals surface area contributed by atoms with Crippen LogP contribution in [0.25, 0.3) is 0 Å². The molecule has 0 heterocycles. The number of hydrogen-bond donors (Lipinski definition) is 2. The van der Waals surface area contributed by atoms with Gasteiger partial charge in [0.2, 0.25) is 0 Å².